The van der Waals surface area contributed by atoms with Crippen molar-refractivity contribution in [2.45, 2.75) is 52.0 Å². The first-order chi connectivity index (χ1) is 7.67. The molecule has 0 amide bonds. The Morgan fingerprint density at radius 2 is 2.12 bits per heavy atom. The summed E-state index contributed by atoms with van der Waals surface area (Å²) in [5.41, 5.74) is 6.25. The summed E-state index contributed by atoms with van der Waals surface area (Å²) in [6.07, 6.45) is 7.76. The Balaban J connectivity index is 2.16. The van der Waals surface area contributed by atoms with Crippen molar-refractivity contribution >= 4 is 0 Å². The summed E-state index contributed by atoms with van der Waals surface area (Å²) < 4.78 is 2.02. The molecular formula is C12H22N4. The van der Waals surface area contributed by atoms with Crippen molar-refractivity contribution in [2.24, 2.45) is 11.1 Å². The van der Waals surface area contributed by atoms with Crippen LogP contribution in [0, 0.1) is 5.41 Å². The van der Waals surface area contributed by atoms with Crippen LogP contribution in [0.4, 0.5) is 0 Å². The van der Waals surface area contributed by atoms with Gasteiger partial charge in [0.1, 0.15) is 12.2 Å². The molecule has 1 aromatic heterocycles. The van der Waals surface area contributed by atoms with E-state index in [0.717, 1.165) is 18.8 Å². The van der Waals surface area contributed by atoms with E-state index in [4.69, 9.17) is 5.73 Å². The molecule has 2 N–H and O–H groups in total. The van der Waals surface area contributed by atoms with Gasteiger partial charge in [-0.25, -0.2) is 9.67 Å². The molecule has 2 rings (SSSR count). The lowest BCUT2D eigenvalue weighted by atomic mass is 9.82. The highest BCUT2D eigenvalue weighted by Crippen LogP contribution is 2.39. The third-order valence-corrected chi connectivity index (χ3v) is 3.77. The summed E-state index contributed by atoms with van der Waals surface area (Å²) in [7, 11) is 0. The van der Waals surface area contributed by atoms with Gasteiger partial charge in [0.25, 0.3) is 0 Å². The predicted molar refractivity (Wildman–Crippen MR) is 64.1 cm³/mol. The minimum Gasteiger partial charge on any atom is -0.330 e. The lowest BCUT2D eigenvalue weighted by Gasteiger charge is -2.27. The SMILES string of the molecule is CC(C)n1ncnc1CC1(CN)CCCC1. The van der Waals surface area contributed by atoms with Crippen LogP contribution in [-0.2, 0) is 6.42 Å². The Morgan fingerprint density at radius 3 is 2.69 bits per heavy atom. The smallest absolute Gasteiger partial charge is 0.138 e. The van der Waals surface area contributed by atoms with Crippen LogP contribution in [0.5, 0.6) is 0 Å². The quantitative estimate of drug-likeness (QED) is 0.846. The maximum absolute atomic E-state index is 5.95. The van der Waals surface area contributed by atoms with E-state index in [9.17, 15) is 0 Å². The Morgan fingerprint density at radius 1 is 1.44 bits per heavy atom. The van der Waals surface area contributed by atoms with Gasteiger partial charge in [0.15, 0.2) is 0 Å². The largest absolute Gasteiger partial charge is 0.330 e. The predicted octanol–water partition coefficient (Wildman–Crippen LogP) is 1.92. The lowest BCUT2D eigenvalue weighted by molar-refractivity contribution is 0.290. The molecule has 1 heterocycles. The Bertz CT molecular complexity index is 337. The molecular weight excluding hydrogens is 200 g/mol. The Labute approximate surface area is 97.2 Å². The Kier molecular flexibility index (Phi) is 3.28. The molecule has 0 atom stereocenters. The topological polar surface area (TPSA) is 56.7 Å². The van der Waals surface area contributed by atoms with E-state index in [0.29, 0.717) is 11.5 Å². The number of hydrogen-bond acceptors (Lipinski definition) is 3. The van der Waals surface area contributed by atoms with Crippen molar-refractivity contribution in [1.29, 1.82) is 0 Å². The molecule has 1 saturated carbocycles. The highest BCUT2D eigenvalue weighted by Gasteiger charge is 2.34. The third-order valence-electron chi connectivity index (χ3n) is 3.77. The van der Waals surface area contributed by atoms with E-state index < -0.39 is 0 Å². The van der Waals surface area contributed by atoms with Crippen LogP contribution in [-0.4, -0.2) is 21.3 Å². The fourth-order valence-electron chi connectivity index (χ4n) is 2.75. The van der Waals surface area contributed by atoms with Crippen LogP contribution in [0.3, 0.4) is 0 Å². The van der Waals surface area contributed by atoms with Gasteiger partial charge in [-0.1, -0.05) is 12.8 Å². The van der Waals surface area contributed by atoms with Crippen molar-refractivity contribution in [1.82, 2.24) is 14.8 Å². The summed E-state index contributed by atoms with van der Waals surface area (Å²) in [6.45, 7) is 5.06. The van der Waals surface area contributed by atoms with Crippen LogP contribution < -0.4 is 5.73 Å². The fraction of sp³-hybridized carbons (Fsp3) is 0.833. The van der Waals surface area contributed by atoms with Crippen molar-refractivity contribution in [3.8, 4) is 0 Å². The number of rotatable bonds is 4. The fourth-order valence-corrected chi connectivity index (χ4v) is 2.75. The minimum absolute atomic E-state index is 0.291. The zero-order valence-electron chi connectivity index (χ0n) is 10.3. The van der Waals surface area contributed by atoms with Gasteiger partial charge in [0.2, 0.25) is 0 Å². The average molecular weight is 222 g/mol. The molecule has 4 nitrogen and oxygen atoms in total. The maximum Gasteiger partial charge on any atom is 0.138 e. The van der Waals surface area contributed by atoms with Gasteiger partial charge in [-0.15, -0.1) is 0 Å². The molecule has 4 heteroatoms. The molecule has 1 aliphatic rings. The van der Waals surface area contributed by atoms with Crippen molar-refractivity contribution < 1.29 is 0 Å². The maximum atomic E-state index is 5.95. The van der Waals surface area contributed by atoms with Crippen LogP contribution >= 0.6 is 0 Å². The Hall–Kier alpha value is -0.900. The molecule has 0 radical (unpaired) electrons. The van der Waals surface area contributed by atoms with E-state index in [1.807, 2.05) is 4.68 Å². The average Bonchev–Trinajstić information content (AvgIpc) is 2.88. The summed E-state index contributed by atoms with van der Waals surface area (Å²) in [5.74, 6) is 1.10. The molecule has 90 valence electrons. The third kappa shape index (κ3) is 2.12. The van der Waals surface area contributed by atoms with Gasteiger partial charge in [0.05, 0.1) is 0 Å². The molecule has 0 aromatic carbocycles. The number of aromatic nitrogens is 3. The minimum atomic E-state index is 0.291. The molecule has 0 aliphatic heterocycles. The van der Waals surface area contributed by atoms with E-state index >= 15 is 0 Å². The highest BCUT2D eigenvalue weighted by atomic mass is 15.3. The molecule has 1 fully saturated rings. The first-order valence-corrected chi connectivity index (χ1v) is 6.25. The van der Waals surface area contributed by atoms with E-state index in [1.165, 1.54) is 25.7 Å². The second-order valence-electron chi connectivity index (χ2n) is 5.30. The van der Waals surface area contributed by atoms with Gasteiger partial charge in [-0.2, -0.15) is 5.10 Å². The van der Waals surface area contributed by atoms with Crippen LogP contribution in [0.15, 0.2) is 6.33 Å². The monoisotopic (exact) mass is 222 g/mol. The summed E-state index contributed by atoms with van der Waals surface area (Å²) in [5, 5.41) is 4.29. The zero-order chi connectivity index (χ0) is 11.6. The molecule has 1 aromatic rings. The van der Waals surface area contributed by atoms with E-state index in [-0.39, 0.29) is 0 Å². The molecule has 16 heavy (non-hydrogen) atoms. The number of nitrogens with zero attached hydrogens (tertiary/aromatic N) is 3. The van der Waals surface area contributed by atoms with Crippen molar-refractivity contribution in [2.75, 3.05) is 6.54 Å². The number of nitrogens with two attached hydrogens (primary N) is 1. The van der Waals surface area contributed by atoms with Gasteiger partial charge < -0.3 is 5.73 Å². The van der Waals surface area contributed by atoms with Gasteiger partial charge in [-0.05, 0) is 38.6 Å². The standard InChI is InChI=1S/C12H22N4/c1-10(2)16-11(14-9-15-16)7-12(8-13)5-3-4-6-12/h9-10H,3-8,13H2,1-2H3. The molecule has 0 bridgehead atoms. The highest BCUT2D eigenvalue weighted by molar-refractivity contribution is 4.98. The summed E-state index contributed by atoms with van der Waals surface area (Å²) >= 11 is 0. The summed E-state index contributed by atoms with van der Waals surface area (Å²) in [6, 6.07) is 0.383. The molecule has 0 saturated heterocycles. The molecule has 0 unspecified atom stereocenters. The number of hydrogen-bond donors (Lipinski definition) is 1. The van der Waals surface area contributed by atoms with Crippen molar-refractivity contribution in [3.63, 3.8) is 0 Å². The van der Waals surface area contributed by atoms with Gasteiger partial charge in [0, 0.05) is 12.5 Å². The second kappa shape index (κ2) is 4.53. The first kappa shape index (κ1) is 11.6. The first-order valence-electron chi connectivity index (χ1n) is 6.25. The zero-order valence-corrected chi connectivity index (χ0v) is 10.3. The van der Waals surface area contributed by atoms with Crippen LogP contribution in [0.2, 0.25) is 0 Å². The summed E-state index contributed by atoms with van der Waals surface area (Å²) in [4.78, 5) is 4.39. The lowest BCUT2D eigenvalue weighted by Crippen LogP contribution is -2.31. The van der Waals surface area contributed by atoms with E-state index in [1.54, 1.807) is 6.33 Å². The second-order valence-corrected chi connectivity index (χ2v) is 5.30. The van der Waals surface area contributed by atoms with Gasteiger partial charge >= 0.3 is 0 Å². The molecule has 0 spiro atoms. The molecule has 1 aliphatic carbocycles. The van der Waals surface area contributed by atoms with Crippen LogP contribution in [0.1, 0.15) is 51.4 Å². The normalized spacial score (nSPS) is 19.5. The van der Waals surface area contributed by atoms with E-state index in [2.05, 4.69) is 23.9 Å². The van der Waals surface area contributed by atoms with Crippen LogP contribution in [0.25, 0.3) is 0 Å². The van der Waals surface area contributed by atoms with Crippen molar-refractivity contribution in [3.05, 3.63) is 12.2 Å². The van der Waals surface area contributed by atoms with Gasteiger partial charge in [-0.3, -0.25) is 0 Å².